The highest BCUT2D eigenvalue weighted by Gasteiger charge is 2.42. The predicted octanol–water partition coefficient (Wildman–Crippen LogP) is 1.75. The first kappa shape index (κ1) is 14.5. The van der Waals surface area contributed by atoms with Gasteiger partial charge in [-0.15, -0.1) is 11.3 Å². The largest absolute Gasteiger partial charge is 0.340 e. The van der Waals surface area contributed by atoms with Crippen LogP contribution in [0, 0.1) is 11.8 Å². The summed E-state index contributed by atoms with van der Waals surface area (Å²) in [5.74, 6) is 0.309. The number of amides is 2. The Morgan fingerprint density at radius 3 is 2.90 bits per heavy atom. The van der Waals surface area contributed by atoms with E-state index in [1.54, 1.807) is 16.8 Å². The van der Waals surface area contributed by atoms with Gasteiger partial charge >= 0.3 is 0 Å². The van der Waals surface area contributed by atoms with E-state index in [4.69, 9.17) is 0 Å². The summed E-state index contributed by atoms with van der Waals surface area (Å²) in [6.45, 7) is 5.67. The Balaban J connectivity index is 1.79. The van der Waals surface area contributed by atoms with E-state index < -0.39 is 0 Å². The molecule has 3 aliphatic heterocycles. The topological polar surface area (TPSA) is 53.5 Å². The number of piperidine rings is 1. The number of aromatic nitrogens is 1. The number of carbonyl (C=O) groups excluding carboxylic acids is 2. The second-order valence-corrected chi connectivity index (χ2v) is 6.99. The van der Waals surface area contributed by atoms with Crippen molar-refractivity contribution >= 4 is 23.2 Å². The number of hydrogen-bond acceptors (Lipinski definition) is 4. The van der Waals surface area contributed by atoms with Crippen LogP contribution in [-0.4, -0.2) is 45.7 Å². The minimum atomic E-state index is -0.0370. The van der Waals surface area contributed by atoms with Crippen LogP contribution in [0.25, 0.3) is 0 Å². The Hall–Kier alpha value is -1.43. The molecule has 1 aromatic heterocycles. The zero-order valence-electron chi connectivity index (χ0n) is 12.5. The van der Waals surface area contributed by atoms with Crippen LogP contribution in [0.2, 0.25) is 0 Å². The molecule has 0 aromatic carbocycles. The molecule has 0 saturated carbocycles. The Bertz CT molecular complexity index is 529. The SMILES string of the molecule is CC(C)C(=O)N1CC2CCC(C1)N(Cc1cscn1)C2=O. The maximum absolute atomic E-state index is 12.6. The maximum atomic E-state index is 12.6. The van der Waals surface area contributed by atoms with Crippen molar-refractivity contribution < 1.29 is 9.59 Å². The molecule has 3 aliphatic rings. The molecule has 1 aromatic rings. The van der Waals surface area contributed by atoms with E-state index in [0.29, 0.717) is 19.6 Å². The molecule has 3 fully saturated rings. The highest BCUT2D eigenvalue weighted by Crippen LogP contribution is 2.30. The number of rotatable bonds is 3. The first-order valence-electron chi connectivity index (χ1n) is 7.52. The van der Waals surface area contributed by atoms with E-state index >= 15 is 0 Å². The average molecular weight is 307 g/mol. The number of carbonyl (C=O) groups is 2. The van der Waals surface area contributed by atoms with Crippen molar-refractivity contribution in [3.05, 3.63) is 16.6 Å². The Morgan fingerprint density at radius 1 is 1.43 bits per heavy atom. The van der Waals surface area contributed by atoms with Gasteiger partial charge < -0.3 is 9.80 Å². The van der Waals surface area contributed by atoms with Gasteiger partial charge in [0, 0.05) is 30.4 Å². The molecule has 2 atom stereocenters. The van der Waals surface area contributed by atoms with Gasteiger partial charge in [0.2, 0.25) is 11.8 Å². The minimum absolute atomic E-state index is 0.00964. The molecule has 0 spiro atoms. The minimum Gasteiger partial charge on any atom is -0.340 e. The summed E-state index contributed by atoms with van der Waals surface area (Å²) in [6.07, 6.45) is 1.89. The molecule has 3 saturated heterocycles. The molecule has 0 radical (unpaired) electrons. The lowest BCUT2D eigenvalue weighted by atomic mass is 9.94. The van der Waals surface area contributed by atoms with E-state index in [1.807, 2.05) is 29.0 Å². The predicted molar refractivity (Wildman–Crippen MR) is 80.6 cm³/mol. The normalized spacial score (nSPS) is 25.6. The van der Waals surface area contributed by atoms with Crippen LogP contribution >= 0.6 is 11.3 Å². The van der Waals surface area contributed by atoms with E-state index in [9.17, 15) is 9.59 Å². The summed E-state index contributed by atoms with van der Waals surface area (Å²) in [6, 6.07) is 0.139. The van der Waals surface area contributed by atoms with Crippen LogP contribution in [0.15, 0.2) is 10.9 Å². The lowest BCUT2D eigenvalue weighted by Crippen LogP contribution is -2.47. The zero-order chi connectivity index (χ0) is 15.0. The molecule has 2 amide bonds. The van der Waals surface area contributed by atoms with Gasteiger partial charge in [-0.1, -0.05) is 13.8 Å². The van der Waals surface area contributed by atoms with Crippen molar-refractivity contribution in [2.45, 2.75) is 39.3 Å². The molecule has 2 unspecified atom stereocenters. The second kappa shape index (κ2) is 5.75. The fourth-order valence-corrected chi connectivity index (χ4v) is 3.83. The van der Waals surface area contributed by atoms with Gasteiger partial charge in [-0.25, -0.2) is 4.98 Å². The van der Waals surface area contributed by atoms with Crippen molar-refractivity contribution in [2.24, 2.45) is 11.8 Å². The van der Waals surface area contributed by atoms with Crippen molar-refractivity contribution in [3.8, 4) is 0 Å². The van der Waals surface area contributed by atoms with Gasteiger partial charge in [0.15, 0.2) is 0 Å². The molecule has 4 rings (SSSR count). The molecule has 0 N–H and O–H groups in total. The van der Waals surface area contributed by atoms with Crippen molar-refractivity contribution in [2.75, 3.05) is 13.1 Å². The summed E-state index contributed by atoms with van der Waals surface area (Å²) in [7, 11) is 0. The Labute approximate surface area is 129 Å². The third-order valence-electron chi connectivity index (χ3n) is 4.41. The quantitative estimate of drug-likeness (QED) is 0.855. The molecule has 21 heavy (non-hydrogen) atoms. The van der Waals surface area contributed by atoms with Gasteiger partial charge in [-0.2, -0.15) is 0 Å². The molecule has 4 heterocycles. The lowest BCUT2D eigenvalue weighted by molar-refractivity contribution is -0.140. The standard InChI is InChI=1S/C15H21N3O2S/c1-10(2)14(19)17-5-11-3-4-13(7-17)18(15(11)20)6-12-8-21-9-16-12/h8-11,13H,3-7H2,1-2H3. The second-order valence-electron chi connectivity index (χ2n) is 6.27. The summed E-state index contributed by atoms with van der Waals surface area (Å²) in [4.78, 5) is 33.0. The third kappa shape index (κ3) is 2.81. The number of nitrogens with zero attached hydrogens (tertiary/aromatic N) is 3. The molecular formula is C15H21N3O2S. The lowest BCUT2D eigenvalue weighted by Gasteiger charge is -2.35. The number of fused-ring (bicyclic) bond motifs is 4. The summed E-state index contributed by atoms with van der Waals surface area (Å²) >= 11 is 1.55. The molecular weight excluding hydrogens is 286 g/mol. The molecule has 2 bridgehead atoms. The monoisotopic (exact) mass is 307 g/mol. The van der Waals surface area contributed by atoms with E-state index in [-0.39, 0.29) is 29.7 Å². The van der Waals surface area contributed by atoms with Crippen molar-refractivity contribution in [1.82, 2.24) is 14.8 Å². The molecule has 0 aliphatic carbocycles. The van der Waals surface area contributed by atoms with Crippen LogP contribution < -0.4 is 0 Å². The van der Waals surface area contributed by atoms with Crippen LogP contribution in [0.1, 0.15) is 32.4 Å². The van der Waals surface area contributed by atoms with Crippen LogP contribution in [0.3, 0.4) is 0 Å². The number of hydrogen-bond donors (Lipinski definition) is 0. The van der Waals surface area contributed by atoms with Crippen LogP contribution in [0.5, 0.6) is 0 Å². The molecule has 114 valence electrons. The fraction of sp³-hybridized carbons (Fsp3) is 0.667. The van der Waals surface area contributed by atoms with Gasteiger partial charge in [0.1, 0.15) is 0 Å². The van der Waals surface area contributed by atoms with E-state index in [0.717, 1.165) is 18.5 Å². The van der Waals surface area contributed by atoms with E-state index in [2.05, 4.69) is 4.98 Å². The van der Waals surface area contributed by atoms with Crippen molar-refractivity contribution in [1.29, 1.82) is 0 Å². The Morgan fingerprint density at radius 2 is 2.24 bits per heavy atom. The molecule has 6 heteroatoms. The smallest absolute Gasteiger partial charge is 0.228 e. The highest BCUT2D eigenvalue weighted by atomic mass is 32.1. The number of thiazole rings is 1. The maximum Gasteiger partial charge on any atom is 0.228 e. The summed E-state index contributed by atoms with van der Waals surface area (Å²) in [5.41, 5.74) is 2.74. The average Bonchev–Trinajstić information content (AvgIpc) is 2.82. The first-order valence-corrected chi connectivity index (χ1v) is 8.47. The summed E-state index contributed by atoms with van der Waals surface area (Å²) in [5, 5.41) is 1.99. The van der Waals surface area contributed by atoms with Gasteiger partial charge in [0.05, 0.1) is 23.7 Å². The van der Waals surface area contributed by atoms with Crippen LogP contribution in [-0.2, 0) is 16.1 Å². The van der Waals surface area contributed by atoms with Crippen LogP contribution in [0.4, 0.5) is 0 Å². The van der Waals surface area contributed by atoms with E-state index in [1.165, 1.54) is 0 Å². The highest BCUT2D eigenvalue weighted by molar-refractivity contribution is 7.07. The first-order chi connectivity index (χ1) is 10.1. The van der Waals surface area contributed by atoms with Gasteiger partial charge in [0.25, 0.3) is 0 Å². The van der Waals surface area contributed by atoms with Gasteiger partial charge in [-0.05, 0) is 12.8 Å². The van der Waals surface area contributed by atoms with Gasteiger partial charge in [-0.3, -0.25) is 9.59 Å². The Kier molecular flexibility index (Phi) is 3.97. The summed E-state index contributed by atoms with van der Waals surface area (Å²) < 4.78 is 0. The van der Waals surface area contributed by atoms with Crippen molar-refractivity contribution in [3.63, 3.8) is 0 Å². The molecule has 5 nitrogen and oxygen atoms in total. The third-order valence-corrected chi connectivity index (χ3v) is 5.05. The fourth-order valence-electron chi connectivity index (χ4n) is 3.28. The zero-order valence-corrected chi connectivity index (χ0v) is 13.3.